The van der Waals surface area contributed by atoms with E-state index < -0.39 is 0 Å². The molecule has 1 atom stereocenters. The minimum atomic E-state index is -0.278. The molecule has 1 unspecified atom stereocenters. The molecule has 0 aliphatic rings. The Morgan fingerprint density at radius 1 is 1.38 bits per heavy atom. The molecule has 0 aromatic heterocycles. The van der Waals surface area contributed by atoms with Gasteiger partial charge >= 0.3 is 0 Å². The van der Waals surface area contributed by atoms with Gasteiger partial charge in [0, 0.05) is 0 Å². The lowest BCUT2D eigenvalue weighted by Crippen LogP contribution is -2.08. The monoisotopic (exact) mass is 220 g/mol. The highest BCUT2D eigenvalue weighted by atomic mass is 16.5. The fourth-order valence-electron chi connectivity index (χ4n) is 1.63. The molecule has 0 amide bonds. The Morgan fingerprint density at radius 2 is 2.00 bits per heavy atom. The molecular weight excluding hydrogens is 200 g/mol. The van der Waals surface area contributed by atoms with Gasteiger partial charge in [0.05, 0.1) is 13.2 Å². The van der Waals surface area contributed by atoms with E-state index in [1.807, 2.05) is 31.2 Å². The predicted molar refractivity (Wildman–Crippen MR) is 66.8 cm³/mol. The third kappa shape index (κ3) is 4.49. The quantitative estimate of drug-likeness (QED) is 0.747. The summed E-state index contributed by atoms with van der Waals surface area (Å²) in [6.07, 6.45) is 2.08. The van der Waals surface area contributed by atoms with E-state index in [9.17, 15) is 5.11 Å². The summed E-state index contributed by atoms with van der Waals surface area (Å²) in [6.45, 7) is 5.74. The van der Waals surface area contributed by atoms with Gasteiger partial charge in [-0.05, 0) is 43.9 Å². The first-order valence-electron chi connectivity index (χ1n) is 5.57. The maximum Gasteiger partial charge on any atom is 0.118 e. The first-order chi connectivity index (χ1) is 7.61. The van der Waals surface area contributed by atoms with Gasteiger partial charge in [-0.3, -0.25) is 0 Å². The standard InChI is InChI=1S/C14H20O2/c1-11(2)10-13(15)7-4-12-5-8-14(16-3)9-6-12/h5-6,8-9,13,15H,1,4,7,10H2,2-3H3. The summed E-state index contributed by atoms with van der Waals surface area (Å²) < 4.78 is 5.09. The zero-order valence-electron chi connectivity index (χ0n) is 10.1. The Hall–Kier alpha value is -1.28. The van der Waals surface area contributed by atoms with Crippen LogP contribution in [-0.2, 0) is 6.42 Å². The van der Waals surface area contributed by atoms with Gasteiger partial charge in [-0.1, -0.05) is 17.7 Å². The summed E-state index contributed by atoms with van der Waals surface area (Å²) in [5.41, 5.74) is 2.25. The minimum absolute atomic E-state index is 0.278. The molecule has 1 aromatic carbocycles. The van der Waals surface area contributed by atoms with Gasteiger partial charge in [-0.15, -0.1) is 6.58 Å². The molecule has 0 spiro atoms. The molecule has 2 heteroatoms. The number of aryl methyl sites for hydroxylation is 1. The SMILES string of the molecule is C=C(C)CC(O)CCc1ccc(OC)cc1. The second-order valence-corrected chi connectivity index (χ2v) is 4.20. The van der Waals surface area contributed by atoms with Crippen molar-refractivity contribution in [2.24, 2.45) is 0 Å². The van der Waals surface area contributed by atoms with Crippen molar-refractivity contribution in [3.8, 4) is 5.75 Å². The third-order valence-corrected chi connectivity index (χ3v) is 2.51. The summed E-state index contributed by atoms with van der Waals surface area (Å²) in [5, 5.41) is 9.70. The predicted octanol–water partition coefficient (Wildman–Crippen LogP) is 2.95. The van der Waals surface area contributed by atoms with Crippen LogP contribution in [0.15, 0.2) is 36.4 Å². The molecule has 0 heterocycles. The van der Waals surface area contributed by atoms with Gasteiger partial charge in [0.25, 0.3) is 0 Å². The molecule has 0 aliphatic carbocycles. The van der Waals surface area contributed by atoms with E-state index in [1.54, 1.807) is 7.11 Å². The summed E-state index contributed by atoms with van der Waals surface area (Å²) in [4.78, 5) is 0. The zero-order valence-corrected chi connectivity index (χ0v) is 10.1. The van der Waals surface area contributed by atoms with Gasteiger partial charge in [0.2, 0.25) is 0 Å². The number of aliphatic hydroxyl groups is 1. The Kier molecular flexibility index (Phi) is 5.06. The van der Waals surface area contributed by atoms with Crippen LogP contribution in [0, 0.1) is 0 Å². The van der Waals surface area contributed by atoms with Crippen molar-refractivity contribution in [1.82, 2.24) is 0 Å². The van der Waals surface area contributed by atoms with Crippen LogP contribution >= 0.6 is 0 Å². The summed E-state index contributed by atoms with van der Waals surface area (Å²) in [6, 6.07) is 7.96. The van der Waals surface area contributed by atoms with E-state index in [-0.39, 0.29) is 6.10 Å². The second kappa shape index (κ2) is 6.33. The van der Waals surface area contributed by atoms with Crippen molar-refractivity contribution in [2.75, 3.05) is 7.11 Å². The lowest BCUT2D eigenvalue weighted by molar-refractivity contribution is 0.165. The molecule has 2 nitrogen and oxygen atoms in total. The van der Waals surface area contributed by atoms with Crippen LogP contribution in [-0.4, -0.2) is 18.3 Å². The van der Waals surface area contributed by atoms with Crippen LogP contribution in [0.3, 0.4) is 0 Å². The lowest BCUT2D eigenvalue weighted by Gasteiger charge is -2.10. The lowest BCUT2D eigenvalue weighted by atomic mass is 10.0. The highest BCUT2D eigenvalue weighted by Gasteiger charge is 2.04. The maximum absolute atomic E-state index is 9.70. The number of rotatable bonds is 6. The molecule has 1 rings (SSSR count). The molecule has 1 N–H and O–H groups in total. The molecule has 88 valence electrons. The average Bonchev–Trinajstić information content (AvgIpc) is 2.26. The van der Waals surface area contributed by atoms with E-state index in [4.69, 9.17) is 4.74 Å². The summed E-state index contributed by atoms with van der Waals surface area (Å²) in [5.74, 6) is 0.867. The number of hydrogen-bond donors (Lipinski definition) is 1. The van der Waals surface area contributed by atoms with Gasteiger partial charge in [0.15, 0.2) is 0 Å². The van der Waals surface area contributed by atoms with Crippen LogP contribution in [0.1, 0.15) is 25.3 Å². The molecule has 0 radical (unpaired) electrons. The van der Waals surface area contributed by atoms with Crippen molar-refractivity contribution in [3.05, 3.63) is 42.0 Å². The first kappa shape index (κ1) is 12.8. The highest BCUT2D eigenvalue weighted by Crippen LogP contribution is 2.14. The highest BCUT2D eigenvalue weighted by molar-refractivity contribution is 5.27. The Bertz CT molecular complexity index is 327. The van der Waals surface area contributed by atoms with Gasteiger partial charge < -0.3 is 9.84 Å². The Morgan fingerprint density at radius 3 is 2.50 bits per heavy atom. The van der Waals surface area contributed by atoms with Gasteiger partial charge in [0.1, 0.15) is 5.75 Å². The van der Waals surface area contributed by atoms with Gasteiger partial charge in [-0.2, -0.15) is 0 Å². The number of aliphatic hydroxyl groups excluding tert-OH is 1. The molecule has 16 heavy (non-hydrogen) atoms. The Labute approximate surface area is 97.6 Å². The molecular formula is C14H20O2. The number of ether oxygens (including phenoxy) is 1. The fraction of sp³-hybridized carbons (Fsp3) is 0.429. The zero-order chi connectivity index (χ0) is 12.0. The van der Waals surface area contributed by atoms with Crippen molar-refractivity contribution < 1.29 is 9.84 Å². The topological polar surface area (TPSA) is 29.5 Å². The minimum Gasteiger partial charge on any atom is -0.497 e. The van der Waals surface area contributed by atoms with E-state index in [0.717, 1.165) is 24.2 Å². The van der Waals surface area contributed by atoms with Crippen molar-refractivity contribution >= 4 is 0 Å². The van der Waals surface area contributed by atoms with Crippen LogP contribution in [0.4, 0.5) is 0 Å². The molecule has 0 aliphatic heterocycles. The normalized spacial score (nSPS) is 12.2. The molecule has 1 aromatic rings. The van der Waals surface area contributed by atoms with Crippen LogP contribution in [0.25, 0.3) is 0 Å². The smallest absolute Gasteiger partial charge is 0.118 e. The largest absolute Gasteiger partial charge is 0.497 e. The average molecular weight is 220 g/mol. The first-order valence-corrected chi connectivity index (χ1v) is 5.57. The van der Waals surface area contributed by atoms with Crippen molar-refractivity contribution in [1.29, 1.82) is 0 Å². The number of methoxy groups -OCH3 is 1. The molecule has 0 saturated carbocycles. The van der Waals surface area contributed by atoms with Crippen molar-refractivity contribution in [2.45, 2.75) is 32.3 Å². The fourth-order valence-corrected chi connectivity index (χ4v) is 1.63. The number of hydrogen-bond acceptors (Lipinski definition) is 2. The van der Waals surface area contributed by atoms with E-state index >= 15 is 0 Å². The van der Waals surface area contributed by atoms with Crippen molar-refractivity contribution in [3.63, 3.8) is 0 Å². The van der Waals surface area contributed by atoms with Crippen LogP contribution < -0.4 is 4.74 Å². The molecule has 0 fully saturated rings. The van der Waals surface area contributed by atoms with Crippen LogP contribution in [0.2, 0.25) is 0 Å². The number of benzene rings is 1. The molecule has 0 saturated heterocycles. The summed E-state index contributed by atoms with van der Waals surface area (Å²) in [7, 11) is 1.66. The Balaban J connectivity index is 2.39. The van der Waals surface area contributed by atoms with E-state index in [2.05, 4.69) is 6.58 Å². The van der Waals surface area contributed by atoms with Gasteiger partial charge in [-0.25, -0.2) is 0 Å². The maximum atomic E-state index is 9.70. The third-order valence-electron chi connectivity index (χ3n) is 2.51. The van der Waals surface area contributed by atoms with Crippen LogP contribution in [0.5, 0.6) is 5.75 Å². The molecule has 0 bridgehead atoms. The van der Waals surface area contributed by atoms with E-state index in [1.165, 1.54) is 5.56 Å². The second-order valence-electron chi connectivity index (χ2n) is 4.20. The van der Waals surface area contributed by atoms with E-state index in [0.29, 0.717) is 6.42 Å². The summed E-state index contributed by atoms with van der Waals surface area (Å²) >= 11 is 0.